The summed E-state index contributed by atoms with van der Waals surface area (Å²) in [6, 6.07) is 7.44. The summed E-state index contributed by atoms with van der Waals surface area (Å²) in [5, 5.41) is 15.2. The Balaban J connectivity index is 1.88. The van der Waals surface area contributed by atoms with E-state index in [1.54, 1.807) is 10.7 Å². The molecule has 0 atom stereocenters. The Kier molecular flexibility index (Phi) is 5.34. The number of halogens is 1. The second kappa shape index (κ2) is 7.67. The molecule has 26 heavy (non-hydrogen) atoms. The van der Waals surface area contributed by atoms with Crippen molar-refractivity contribution in [2.75, 3.05) is 31.8 Å². The second-order valence-corrected chi connectivity index (χ2v) is 6.56. The minimum absolute atomic E-state index is 0.509. The minimum atomic E-state index is 0.509. The molecule has 0 aliphatic rings. The fourth-order valence-corrected chi connectivity index (χ4v) is 2.66. The summed E-state index contributed by atoms with van der Waals surface area (Å²) in [7, 11) is 5.79. The van der Waals surface area contributed by atoms with Gasteiger partial charge in [-0.1, -0.05) is 16.8 Å². The number of aromatic nitrogens is 5. The zero-order valence-electron chi connectivity index (χ0n) is 15.2. The first-order valence-corrected chi connectivity index (χ1v) is 8.49. The van der Waals surface area contributed by atoms with Crippen LogP contribution >= 0.6 is 11.6 Å². The van der Waals surface area contributed by atoms with Crippen molar-refractivity contribution in [2.45, 2.75) is 13.5 Å². The van der Waals surface area contributed by atoms with Crippen molar-refractivity contribution in [1.29, 1.82) is 0 Å². The first-order chi connectivity index (χ1) is 12.4. The molecule has 0 radical (unpaired) electrons. The first-order valence-electron chi connectivity index (χ1n) is 8.11. The Morgan fingerprint density at radius 3 is 2.73 bits per heavy atom. The van der Waals surface area contributed by atoms with Crippen LogP contribution in [0.15, 0.2) is 30.5 Å². The lowest BCUT2D eigenvalue weighted by atomic mass is 10.2. The van der Waals surface area contributed by atoms with Crippen molar-refractivity contribution in [3.05, 3.63) is 46.9 Å². The molecule has 0 saturated carbocycles. The van der Waals surface area contributed by atoms with Gasteiger partial charge in [0.2, 0.25) is 5.95 Å². The van der Waals surface area contributed by atoms with Gasteiger partial charge in [0.05, 0.1) is 22.6 Å². The Bertz CT molecular complexity index is 906. The van der Waals surface area contributed by atoms with Gasteiger partial charge >= 0.3 is 0 Å². The number of benzene rings is 1. The van der Waals surface area contributed by atoms with Gasteiger partial charge in [0.25, 0.3) is 0 Å². The van der Waals surface area contributed by atoms with Gasteiger partial charge in [0.15, 0.2) is 0 Å². The third kappa shape index (κ3) is 4.27. The SMILES string of the molecule is CNc1cc(C)nc(Nc2ccc(Cl)c(-n3cc(CN(C)C)nn3)c2)n1. The van der Waals surface area contributed by atoms with E-state index in [4.69, 9.17) is 11.6 Å². The molecule has 1 aromatic carbocycles. The molecule has 3 aromatic rings. The molecule has 9 heteroatoms. The molecule has 2 heterocycles. The largest absolute Gasteiger partial charge is 0.373 e. The molecule has 2 aromatic heterocycles. The average molecular weight is 373 g/mol. The molecule has 0 fully saturated rings. The molecule has 0 aliphatic carbocycles. The molecule has 0 unspecified atom stereocenters. The number of hydrogen-bond donors (Lipinski definition) is 2. The number of nitrogens with zero attached hydrogens (tertiary/aromatic N) is 6. The van der Waals surface area contributed by atoms with Gasteiger partial charge in [-0.15, -0.1) is 5.10 Å². The molecular formula is C17H21ClN8. The highest BCUT2D eigenvalue weighted by Gasteiger charge is 2.10. The zero-order chi connectivity index (χ0) is 18.7. The van der Waals surface area contributed by atoms with Crippen molar-refractivity contribution in [3.63, 3.8) is 0 Å². The van der Waals surface area contributed by atoms with E-state index >= 15 is 0 Å². The lowest BCUT2D eigenvalue weighted by molar-refractivity contribution is 0.396. The van der Waals surface area contributed by atoms with Crippen LogP contribution in [0.25, 0.3) is 5.69 Å². The molecule has 2 N–H and O–H groups in total. The molecule has 0 amide bonds. The van der Waals surface area contributed by atoms with E-state index in [1.165, 1.54) is 0 Å². The zero-order valence-corrected chi connectivity index (χ0v) is 15.9. The number of hydrogen-bond acceptors (Lipinski definition) is 7. The van der Waals surface area contributed by atoms with Gasteiger partial charge in [-0.2, -0.15) is 4.98 Å². The lowest BCUT2D eigenvalue weighted by Gasteiger charge is -2.10. The first kappa shape index (κ1) is 18.1. The quantitative estimate of drug-likeness (QED) is 0.688. The highest BCUT2D eigenvalue weighted by molar-refractivity contribution is 6.32. The third-order valence-corrected chi connectivity index (χ3v) is 3.90. The topological polar surface area (TPSA) is 83.8 Å². The van der Waals surface area contributed by atoms with Crippen LogP contribution in [0, 0.1) is 6.92 Å². The Labute approximate surface area is 157 Å². The predicted octanol–water partition coefficient (Wildman–Crippen LogP) is 2.87. The maximum atomic E-state index is 6.35. The number of nitrogens with one attached hydrogen (secondary N) is 2. The number of rotatable bonds is 6. The lowest BCUT2D eigenvalue weighted by Crippen LogP contribution is -2.10. The van der Waals surface area contributed by atoms with Crippen LogP contribution in [-0.4, -0.2) is 51.0 Å². The van der Waals surface area contributed by atoms with Crippen molar-refractivity contribution >= 4 is 29.1 Å². The summed E-state index contributed by atoms with van der Waals surface area (Å²) in [5.74, 6) is 1.26. The fourth-order valence-electron chi connectivity index (χ4n) is 2.46. The molecule has 0 aliphatic heterocycles. The van der Waals surface area contributed by atoms with Crippen LogP contribution in [0.5, 0.6) is 0 Å². The number of aryl methyl sites for hydroxylation is 1. The maximum Gasteiger partial charge on any atom is 0.229 e. The summed E-state index contributed by atoms with van der Waals surface area (Å²) in [6.07, 6.45) is 1.87. The second-order valence-electron chi connectivity index (χ2n) is 6.15. The standard InChI is InChI=1S/C17H21ClN8/c1-11-7-16(19-2)22-17(20-11)21-12-5-6-14(18)15(8-12)26-10-13(23-24-26)9-25(3)4/h5-8,10H,9H2,1-4H3,(H2,19,20,21,22). The van der Waals surface area contributed by atoms with Gasteiger partial charge < -0.3 is 15.5 Å². The Hall–Kier alpha value is -2.71. The van der Waals surface area contributed by atoms with Gasteiger partial charge in [-0.05, 0) is 39.2 Å². The fraction of sp³-hybridized carbons (Fsp3) is 0.294. The van der Waals surface area contributed by atoms with E-state index in [0.717, 1.165) is 28.6 Å². The van der Waals surface area contributed by atoms with Crippen LogP contribution in [0.1, 0.15) is 11.4 Å². The number of anilines is 3. The highest BCUT2D eigenvalue weighted by Crippen LogP contribution is 2.25. The Morgan fingerprint density at radius 1 is 1.19 bits per heavy atom. The summed E-state index contributed by atoms with van der Waals surface area (Å²) in [5.41, 5.74) is 3.27. The normalized spacial score (nSPS) is 11.0. The van der Waals surface area contributed by atoms with E-state index < -0.39 is 0 Å². The van der Waals surface area contributed by atoms with E-state index in [2.05, 4.69) is 30.9 Å². The molecule has 3 rings (SSSR count). The summed E-state index contributed by atoms with van der Waals surface area (Å²) >= 11 is 6.35. The van der Waals surface area contributed by atoms with Gasteiger partial charge in [-0.25, -0.2) is 9.67 Å². The van der Waals surface area contributed by atoms with Crippen LogP contribution in [0.4, 0.5) is 17.5 Å². The molecule has 8 nitrogen and oxygen atoms in total. The smallest absolute Gasteiger partial charge is 0.229 e. The van der Waals surface area contributed by atoms with Gasteiger partial charge in [0.1, 0.15) is 5.82 Å². The van der Waals surface area contributed by atoms with E-state index in [9.17, 15) is 0 Å². The van der Waals surface area contributed by atoms with Crippen LogP contribution in [0.2, 0.25) is 5.02 Å². The van der Waals surface area contributed by atoms with E-state index in [-0.39, 0.29) is 0 Å². The third-order valence-electron chi connectivity index (χ3n) is 3.58. The monoisotopic (exact) mass is 372 g/mol. The summed E-state index contributed by atoms with van der Waals surface area (Å²) in [4.78, 5) is 10.8. The maximum absolute atomic E-state index is 6.35. The summed E-state index contributed by atoms with van der Waals surface area (Å²) in [6.45, 7) is 2.63. The van der Waals surface area contributed by atoms with Gasteiger partial charge in [0, 0.05) is 31.0 Å². The molecule has 0 saturated heterocycles. The van der Waals surface area contributed by atoms with E-state index in [1.807, 2.05) is 57.4 Å². The predicted molar refractivity (Wildman–Crippen MR) is 103 cm³/mol. The summed E-state index contributed by atoms with van der Waals surface area (Å²) < 4.78 is 1.67. The molecule has 136 valence electrons. The van der Waals surface area contributed by atoms with Crippen LogP contribution in [0.3, 0.4) is 0 Å². The average Bonchev–Trinajstić information content (AvgIpc) is 3.03. The van der Waals surface area contributed by atoms with E-state index in [0.29, 0.717) is 17.5 Å². The van der Waals surface area contributed by atoms with Crippen molar-refractivity contribution < 1.29 is 0 Å². The van der Waals surface area contributed by atoms with Gasteiger partial charge in [-0.3, -0.25) is 0 Å². The van der Waals surface area contributed by atoms with Crippen LogP contribution in [-0.2, 0) is 6.54 Å². The minimum Gasteiger partial charge on any atom is -0.373 e. The van der Waals surface area contributed by atoms with Crippen molar-refractivity contribution in [3.8, 4) is 5.69 Å². The molecule has 0 spiro atoms. The Morgan fingerprint density at radius 2 is 2.00 bits per heavy atom. The van der Waals surface area contributed by atoms with Crippen LogP contribution < -0.4 is 10.6 Å². The van der Waals surface area contributed by atoms with Crippen molar-refractivity contribution in [1.82, 2.24) is 29.9 Å². The molecule has 0 bridgehead atoms. The highest BCUT2D eigenvalue weighted by atomic mass is 35.5. The van der Waals surface area contributed by atoms with Crippen molar-refractivity contribution in [2.24, 2.45) is 0 Å². The molecular weight excluding hydrogens is 352 g/mol.